The molecule has 0 bridgehead atoms. The fraction of sp³-hybridized carbons (Fsp3) is 0.154. The monoisotopic (exact) mass is 265 g/mol. The lowest BCUT2D eigenvalue weighted by molar-refractivity contribution is 0.628. The first-order valence-corrected chi connectivity index (χ1v) is 5.80. The first kappa shape index (κ1) is 12.6. The van der Waals surface area contributed by atoms with Crippen molar-refractivity contribution in [3.63, 3.8) is 0 Å². The molecule has 0 unspecified atom stereocenters. The van der Waals surface area contributed by atoms with Gasteiger partial charge in [-0.3, -0.25) is 4.98 Å². The molecule has 0 atom stereocenters. The van der Waals surface area contributed by atoms with Crippen molar-refractivity contribution in [2.24, 2.45) is 0 Å². The maximum absolute atomic E-state index is 13.2. The molecule has 1 aromatic carbocycles. The van der Waals surface area contributed by atoms with Crippen LogP contribution in [0.5, 0.6) is 0 Å². The van der Waals surface area contributed by atoms with Crippen LogP contribution < -0.4 is 10.6 Å². The van der Waals surface area contributed by atoms with Gasteiger partial charge in [-0.2, -0.15) is 0 Å². The number of halogens is 2. The highest BCUT2D eigenvalue weighted by Gasteiger charge is 2.10. The predicted molar refractivity (Wildman–Crippen MR) is 72.2 cm³/mol. The Morgan fingerprint density at radius 1 is 1.44 bits per heavy atom. The topological polar surface area (TPSA) is 42.2 Å². The average Bonchev–Trinajstić information content (AvgIpc) is 2.35. The van der Waals surface area contributed by atoms with E-state index in [9.17, 15) is 4.39 Å². The van der Waals surface area contributed by atoms with Crippen LogP contribution in [-0.4, -0.2) is 12.0 Å². The number of aromatic nitrogens is 1. The van der Waals surface area contributed by atoms with E-state index in [1.165, 1.54) is 12.1 Å². The highest BCUT2D eigenvalue weighted by molar-refractivity contribution is 6.31. The Hall–Kier alpha value is -1.81. The Bertz CT molecular complexity index is 545. The summed E-state index contributed by atoms with van der Waals surface area (Å²) in [5.41, 5.74) is 7.89. The molecule has 3 nitrogen and oxygen atoms in total. The summed E-state index contributed by atoms with van der Waals surface area (Å²) in [4.78, 5) is 5.94. The standard InChI is InChI=1S/C13H13ClFN3/c1-18(8-9-3-2-4-17-7-9)13-5-10(14)11(15)6-12(13)16/h2-7H,8,16H2,1H3. The van der Waals surface area contributed by atoms with Gasteiger partial charge in [0, 0.05) is 32.1 Å². The second kappa shape index (κ2) is 5.23. The van der Waals surface area contributed by atoms with Crippen molar-refractivity contribution in [3.05, 3.63) is 53.1 Å². The molecule has 0 radical (unpaired) electrons. The van der Waals surface area contributed by atoms with Crippen molar-refractivity contribution in [2.45, 2.75) is 6.54 Å². The molecule has 0 aliphatic rings. The van der Waals surface area contributed by atoms with E-state index in [0.717, 1.165) is 5.56 Å². The maximum atomic E-state index is 13.2. The molecule has 94 valence electrons. The Morgan fingerprint density at radius 3 is 2.89 bits per heavy atom. The quantitative estimate of drug-likeness (QED) is 0.867. The lowest BCUT2D eigenvalue weighted by Gasteiger charge is -2.21. The SMILES string of the molecule is CN(Cc1cccnc1)c1cc(Cl)c(F)cc1N. The van der Waals surface area contributed by atoms with E-state index in [1.54, 1.807) is 12.4 Å². The van der Waals surface area contributed by atoms with Gasteiger partial charge in [-0.25, -0.2) is 4.39 Å². The number of anilines is 2. The number of hydrogen-bond donors (Lipinski definition) is 1. The molecule has 1 heterocycles. The number of pyridine rings is 1. The van der Waals surface area contributed by atoms with Crippen LogP contribution in [0, 0.1) is 5.82 Å². The molecule has 0 saturated heterocycles. The Morgan fingerprint density at radius 2 is 2.22 bits per heavy atom. The summed E-state index contributed by atoms with van der Waals surface area (Å²) >= 11 is 5.76. The van der Waals surface area contributed by atoms with Gasteiger partial charge < -0.3 is 10.6 Å². The smallest absolute Gasteiger partial charge is 0.143 e. The number of hydrogen-bond acceptors (Lipinski definition) is 3. The summed E-state index contributed by atoms with van der Waals surface area (Å²) in [5.74, 6) is -0.507. The van der Waals surface area contributed by atoms with E-state index >= 15 is 0 Å². The molecule has 18 heavy (non-hydrogen) atoms. The highest BCUT2D eigenvalue weighted by atomic mass is 35.5. The Balaban J connectivity index is 2.24. The number of nitrogens with zero attached hydrogens (tertiary/aromatic N) is 2. The summed E-state index contributed by atoms with van der Waals surface area (Å²) in [6.07, 6.45) is 3.49. The van der Waals surface area contributed by atoms with Crippen molar-refractivity contribution < 1.29 is 4.39 Å². The van der Waals surface area contributed by atoms with Crippen LogP contribution in [0.1, 0.15) is 5.56 Å². The molecule has 0 spiro atoms. The third-order valence-electron chi connectivity index (χ3n) is 2.62. The van der Waals surface area contributed by atoms with Crippen LogP contribution in [0.25, 0.3) is 0 Å². The van der Waals surface area contributed by atoms with E-state index in [0.29, 0.717) is 17.9 Å². The van der Waals surface area contributed by atoms with Gasteiger partial charge in [0.05, 0.1) is 16.4 Å². The third-order valence-corrected chi connectivity index (χ3v) is 2.91. The van der Waals surface area contributed by atoms with Crippen LogP contribution in [0.2, 0.25) is 5.02 Å². The molecular formula is C13H13ClFN3. The van der Waals surface area contributed by atoms with Crippen LogP contribution in [0.4, 0.5) is 15.8 Å². The van der Waals surface area contributed by atoms with Gasteiger partial charge in [-0.05, 0) is 17.7 Å². The minimum Gasteiger partial charge on any atom is -0.397 e. The molecule has 2 N–H and O–H groups in total. The molecule has 5 heteroatoms. The lowest BCUT2D eigenvalue weighted by Crippen LogP contribution is -2.18. The van der Waals surface area contributed by atoms with Crippen LogP contribution in [0.3, 0.4) is 0 Å². The number of benzene rings is 1. The maximum Gasteiger partial charge on any atom is 0.143 e. The second-order valence-corrected chi connectivity index (χ2v) is 4.45. The van der Waals surface area contributed by atoms with Crippen molar-refractivity contribution >= 4 is 23.0 Å². The summed E-state index contributed by atoms with van der Waals surface area (Å²) < 4.78 is 13.2. The molecular weight excluding hydrogens is 253 g/mol. The van der Waals surface area contributed by atoms with Gasteiger partial charge in [0.2, 0.25) is 0 Å². The highest BCUT2D eigenvalue weighted by Crippen LogP contribution is 2.29. The van der Waals surface area contributed by atoms with Crippen molar-refractivity contribution in [1.82, 2.24) is 4.98 Å². The minimum atomic E-state index is -0.507. The van der Waals surface area contributed by atoms with Crippen molar-refractivity contribution in [2.75, 3.05) is 17.7 Å². The summed E-state index contributed by atoms with van der Waals surface area (Å²) in [7, 11) is 1.87. The van der Waals surface area contributed by atoms with Gasteiger partial charge in [0.15, 0.2) is 0 Å². The fourth-order valence-corrected chi connectivity index (χ4v) is 1.89. The van der Waals surface area contributed by atoms with E-state index in [4.69, 9.17) is 17.3 Å². The first-order valence-electron chi connectivity index (χ1n) is 5.42. The van der Waals surface area contributed by atoms with Crippen molar-refractivity contribution in [1.29, 1.82) is 0 Å². The minimum absolute atomic E-state index is 0.0669. The largest absolute Gasteiger partial charge is 0.397 e. The average molecular weight is 266 g/mol. The molecule has 2 aromatic rings. The van der Waals surface area contributed by atoms with Gasteiger partial charge in [0.1, 0.15) is 5.82 Å². The molecule has 0 aliphatic carbocycles. The number of rotatable bonds is 3. The van der Waals surface area contributed by atoms with Gasteiger partial charge in [-0.1, -0.05) is 17.7 Å². The molecule has 0 amide bonds. The first-order chi connectivity index (χ1) is 8.58. The number of nitrogen functional groups attached to an aromatic ring is 1. The Labute approximate surface area is 110 Å². The van der Waals surface area contributed by atoms with Gasteiger partial charge in [-0.15, -0.1) is 0 Å². The normalized spacial score (nSPS) is 10.4. The summed E-state index contributed by atoms with van der Waals surface area (Å²) in [5, 5.41) is 0.0669. The van der Waals surface area contributed by atoms with E-state index in [2.05, 4.69) is 4.98 Å². The summed E-state index contributed by atoms with van der Waals surface area (Å²) in [6.45, 7) is 0.625. The van der Waals surface area contributed by atoms with E-state index in [-0.39, 0.29) is 5.02 Å². The molecule has 0 aliphatic heterocycles. The van der Waals surface area contributed by atoms with Crippen LogP contribution >= 0.6 is 11.6 Å². The number of nitrogens with two attached hydrogens (primary N) is 1. The second-order valence-electron chi connectivity index (χ2n) is 4.04. The zero-order valence-corrected chi connectivity index (χ0v) is 10.7. The van der Waals surface area contributed by atoms with Crippen LogP contribution in [-0.2, 0) is 6.54 Å². The zero-order chi connectivity index (χ0) is 13.1. The lowest BCUT2D eigenvalue weighted by atomic mass is 10.2. The summed E-state index contributed by atoms with van der Waals surface area (Å²) in [6, 6.07) is 6.59. The predicted octanol–water partition coefficient (Wildman–Crippen LogP) is 3.09. The van der Waals surface area contributed by atoms with E-state index < -0.39 is 5.82 Å². The zero-order valence-electron chi connectivity index (χ0n) is 9.90. The van der Waals surface area contributed by atoms with Gasteiger partial charge >= 0.3 is 0 Å². The van der Waals surface area contributed by atoms with E-state index in [1.807, 2.05) is 24.1 Å². The molecule has 2 rings (SSSR count). The van der Waals surface area contributed by atoms with Gasteiger partial charge in [0.25, 0.3) is 0 Å². The third kappa shape index (κ3) is 2.71. The molecule has 0 saturated carbocycles. The van der Waals surface area contributed by atoms with Crippen LogP contribution in [0.15, 0.2) is 36.7 Å². The Kier molecular flexibility index (Phi) is 3.67. The molecule has 0 fully saturated rings. The van der Waals surface area contributed by atoms with Crippen molar-refractivity contribution in [3.8, 4) is 0 Å². The fourth-order valence-electron chi connectivity index (χ4n) is 1.73. The molecule has 1 aromatic heterocycles.